The Morgan fingerprint density at radius 2 is 2.05 bits per heavy atom. The zero-order chi connectivity index (χ0) is 14.0. The number of morpholine rings is 1. The van der Waals surface area contributed by atoms with Crippen LogP contribution in [0.1, 0.15) is 15.9 Å². The Hall–Kier alpha value is -2.15. The summed E-state index contributed by atoms with van der Waals surface area (Å²) in [5.74, 6) is -0.616. The average Bonchev–Trinajstić information content (AvgIpc) is 2.41. The molecule has 1 fully saturated rings. The molecule has 0 aromatic heterocycles. The summed E-state index contributed by atoms with van der Waals surface area (Å²) >= 11 is 0. The molecule has 1 aliphatic heterocycles. The molecule has 19 heavy (non-hydrogen) atoms. The van der Waals surface area contributed by atoms with Crippen molar-refractivity contribution in [1.82, 2.24) is 4.90 Å². The number of hydrogen-bond donors (Lipinski definition) is 1. The van der Waals surface area contributed by atoms with Crippen LogP contribution in [0.3, 0.4) is 0 Å². The van der Waals surface area contributed by atoms with Gasteiger partial charge in [0.2, 0.25) is 0 Å². The lowest BCUT2D eigenvalue weighted by atomic mass is 10.1. The maximum Gasteiger partial charge on any atom is 0.270 e. The van der Waals surface area contributed by atoms with E-state index >= 15 is 0 Å². The van der Waals surface area contributed by atoms with Crippen molar-refractivity contribution in [3.8, 4) is 5.75 Å². The van der Waals surface area contributed by atoms with Crippen LogP contribution in [-0.4, -0.2) is 47.1 Å². The number of nitro groups is 1. The number of amides is 1. The number of phenols is 1. The Morgan fingerprint density at radius 3 is 2.63 bits per heavy atom. The van der Waals surface area contributed by atoms with Crippen molar-refractivity contribution in [2.24, 2.45) is 0 Å². The van der Waals surface area contributed by atoms with Crippen LogP contribution in [-0.2, 0) is 4.74 Å². The molecule has 2 rings (SSSR count). The van der Waals surface area contributed by atoms with Crippen LogP contribution in [0, 0.1) is 17.0 Å². The van der Waals surface area contributed by atoms with E-state index in [9.17, 15) is 20.0 Å². The molecule has 0 bridgehead atoms. The number of aromatic hydroxyl groups is 1. The van der Waals surface area contributed by atoms with Gasteiger partial charge in [0.15, 0.2) is 0 Å². The lowest BCUT2D eigenvalue weighted by molar-refractivity contribution is -0.385. The minimum absolute atomic E-state index is 0.0337. The Bertz CT molecular complexity index is 523. The van der Waals surface area contributed by atoms with E-state index in [2.05, 4.69) is 0 Å². The number of nitro benzene ring substituents is 1. The molecular formula is C12H14N2O5. The number of non-ortho nitro benzene ring substituents is 1. The van der Waals surface area contributed by atoms with Crippen LogP contribution in [0.5, 0.6) is 5.75 Å². The summed E-state index contributed by atoms with van der Waals surface area (Å²) in [5, 5.41) is 20.7. The summed E-state index contributed by atoms with van der Waals surface area (Å²) in [4.78, 5) is 24.0. The molecule has 0 spiro atoms. The predicted molar refractivity (Wildman–Crippen MR) is 66.2 cm³/mol. The van der Waals surface area contributed by atoms with Gasteiger partial charge in [0, 0.05) is 25.2 Å². The molecule has 0 atom stereocenters. The van der Waals surface area contributed by atoms with Gasteiger partial charge in [-0.15, -0.1) is 0 Å². The van der Waals surface area contributed by atoms with Gasteiger partial charge in [0.1, 0.15) is 5.75 Å². The van der Waals surface area contributed by atoms with Crippen LogP contribution in [0.25, 0.3) is 0 Å². The molecule has 1 aliphatic rings. The molecule has 1 heterocycles. The smallest absolute Gasteiger partial charge is 0.270 e. The summed E-state index contributed by atoms with van der Waals surface area (Å²) in [7, 11) is 0. The predicted octanol–water partition coefficient (Wildman–Crippen LogP) is 1.08. The maximum atomic E-state index is 12.2. The second-order valence-electron chi connectivity index (χ2n) is 4.32. The number of phenolic OH excluding ortho intramolecular Hbond substituents is 1. The van der Waals surface area contributed by atoms with Crippen molar-refractivity contribution in [1.29, 1.82) is 0 Å². The molecule has 0 aliphatic carbocycles. The molecule has 1 N–H and O–H groups in total. The molecule has 0 radical (unpaired) electrons. The molecule has 102 valence electrons. The summed E-state index contributed by atoms with van der Waals surface area (Å²) in [5.41, 5.74) is 0.0753. The monoisotopic (exact) mass is 266 g/mol. The molecule has 1 amide bonds. The highest BCUT2D eigenvalue weighted by molar-refractivity contribution is 5.98. The van der Waals surface area contributed by atoms with Gasteiger partial charge in [-0.2, -0.15) is 0 Å². The number of carbonyl (C=O) groups is 1. The van der Waals surface area contributed by atoms with E-state index in [4.69, 9.17) is 4.74 Å². The number of hydrogen-bond acceptors (Lipinski definition) is 5. The summed E-state index contributed by atoms with van der Waals surface area (Å²) in [6.07, 6.45) is 0. The minimum Gasteiger partial charge on any atom is -0.507 e. The van der Waals surface area contributed by atoms with E-state index < -0.39 is 10.8 Å². The zero-order valence-corrected chi connectivity index (χ0v) is 10.5. The van der Waals surface area contributed by atoms with E-state index in [0.29, 0.717) is 31.9 Å². The first-order chi connectivity index (χ1) is 9.00. The lowest BCUT2D eigenvalue weighted by Crippen LogP contribution is -2.40. The second kappa shape index (κ2) is 5.23. The molecule has 1 aromatic rings. The maximum absolute atomic E-state index is 12.2. The molecule has 1 saturated heterocycles. The highest BCUT2D eigenvalue weighted by atomic mass is 16.6. The van der Waals surface area contributed by atoms with Crippen molar-refractivity contribution in [2.45, 2.75) is 6.92 Å². The van der Waals surface area contributed by atoms with Crippen molar-refractivity contribution >= 4 is 11.6 Å². The Kier molecular flexibility index (Phi) is 3.66. The van der Waals surface area contributed by atoms with Crippen molar-refractivity contribution in [3.05, 3.63) is 33.4 Å². The van der Waals surface area contributed by atoms with Crippen LogP contribution in [0.15, 0.2) is 12.1 Å². The topological polar surface area (TPSA) is 92.9 Å². The first-order valence-corrected chi connectivity index (χ1v) is 5.85. The standard InChI is InChI=1S/C12H14N2O5/c1-8-6-9(14(17)18)7-10(11(8)15)12(16)13-2-4-19-5-3-13/h6-7,15H,2-5H2,1H3. The number of aryl methyl sites for hydroxylation is 1. The number of benzene rings is 1. The van der Waals surface area contributed by atoms with Gasteiger partial charge in [-0.3, -0.25) is 14.9 Å². The van der Waals surface area contributed by atoms with E-state index in [1.54, 1.807) is 0 Å². The first kappa shape index (κ1) is 13.3. The van der Waals surface area contributed by atoms with Crippen LogP contribution in [0.2, 0.25) is 0 Å². The summed E-state index contributed by atoms with van der Waals surface area (Å²) in [6.45, 7) is 3.22. The van der Waals surface area contributed by atoms with Crippen molar-refractivity contribution in [2.75, 3.05) is 26.3 Å². The van der Waals surface area contributed by atoms with E-state index in [1.807, 2.05) is 0 Å². The highest BCUT2D eigenvalue weighted by Crippen LogP contribution is 2.28. The third-order valence-electron chi connectivity index (χ3n) is 3.02. The molecule has 7 nitrogen and oxygen atoms in total. The molecule has 0 unspecified atom stereocenters. The number of nitrogens with zero attached hydrogens (tertiary/aromatic N) is 2. The number of ether oxygens (including phenoxy) is 1. The SMILES string of the molecule is Cc1cc([N+](=O)[O-])cc(C(=O)N2CCOCC2)c1O. The lowest BCUT2D eigenvalue weighted by Gasteiger charge is -2.27. The van der Waals surface area contributed by atoms with E-state index in [0.717, 1.165) is 6.07 Å². The normalized spacial score (nSPS) is 15.3. The third-order valence-corrected chi connectivity index (χ3v) is 3.02. The van der Waals surface area contributed by atoms with Gasteiger partial charge < -0.3 is 14.7 Å². The highest BCUT2D eigenvalue weighted by Gasteiger charge is 2.24. The Balaban J connectivity index is 2.37. The van der Waals surface area contributed by atoms with Crippen LogP contribution < -0.4 is 0 Å². The zero-order valence-electron chi connectivity index (χ0n) is 10.5. The molecule has 0 saturated carbocycles. The average molecular weight is 266 g/mol. The fourth-order valence-electron chi connectivity index (χ4n) is 1.97. The number of carbonyl (C=O) groups excluding carboxylic acids is 1. The second-order valence-corrected chi connectivity index (χ2v) is 4.32. The van der Waals surface area contributed by atoms with Gasteiger partial charge in [-0.25, -0.2) is 0 Å². The minimum atomic E-state index is -0.581. The summed E-state index contributed by atoms with van der Waals surface area (Å²) in [6, 6.07) is 2.35. The van der Waals surface area contributed by atoms with Gasteiger partial charge in [0.25, 0.3) is 11.6 Å². The van der Waals surface area contributed by atoms with Crippen molar-refractivity contribution < 1.29 is 19.6 Å². The van der Waals surface area contributed by atoms with Crippen molar-refractivity contribution in [3.63, 3.8) is 0 Å². The molecular weight excluding hydrogens is 252 g/mol. The van der Waals surface area contributed by atoms with Gasteiger partial charge in [-0.05, 0) is 12.5 Å². The summed E-state index contributed by atoms with van der Waals surface area (Å²) < 4.78 is 5.14. The number of rotatable bonds is 2. The van der Waals surface area contributed by atoms with E-state index in [-0.39, 0.29) is 17.0 Å². The van der Waals surface area contributed by atoms with Gasteiger partial charge >= 0.3 is 0 Å². The quantitative estimate of drug-likeness (QED) is 0.638. The molecule has 1 aromatic carbocycles. The fourth-order valence-corrected chi connectivity index (χ4v) is 1.97. The van der Waals surface area contributed by atoms with Gasteiger partial charge in [-0.1, -0.05) is 0 Å². The Labute approximate surface area is 109 Å². The van der Waals surface area contributed by atoms with Gasteiger partial charge in [0.05, 0.1) is 23.7 Å². The first-order valence-electron chi connectivity index (χ1n) is 5.85. The largest absolute Gasteiger partial charge is 0.507 e. The fraction of sp³-hybridized carbons (Fsp3) is 0.417. The third kappa shape index (κ3) is 2.65. The Morgan fingerprint density at radius 1 is 1.42 bits per heavy atom. The van der Waals surface area contributed by atoms with Crippen LogP contribution >= 0.6 is 0 Å². The molecule has 7 heteroatoms. The van der Waals surface area contributed by atoms with E-state index in [1.165, 1.54) is 17.9 Å². The van der Waals surface area contributed by atoms with Crippen LogP contribution in [0.4, 0.5) is 5.69 Å².